The smallest absolute Gasteiger partial charge is 0.240 e. The second kappa shape index (κ2) is 9.14. The highest BCUT2D eigenvalue weighted by Crippen LogP contribution is 2.11. The minimum atomic E-state index is -3.56. The van der Waals surface area contributed by atoms with E-state index in [2.05, 4.69) is 4.72 Å². The fourth-order valence-electron chi connectivity index (χ4n) is 3.65. The van der Waals surface area contributed by atoms with Crippen LogP contribution >= 0.6 is 0 Å². The van der Waals surface area contributed by atoms with E-state index in [9.17, 15) is 13.2 Å². The minimum Gasteiger partial charge on any atom is -0.372 e. The lowest BCUT2D eigenvalue weighted by Crippen LogP contribution is -3.15. The zero-order valence-corrected chi connectivity index (χ0v) is 16.8. The number of carbonyl (C=O) groups excluding carboxylic acids is 1. The van der Waals surface area contributed by atoms with Crippen molar-refractivity contribution in [1.82, 2.24) is 9.62 Å². The molecule has 0 unspecified atom stereocenters. The van der Waals surface area contributed by atoms with Gasteiger partial charge in [-0.15, -0.1) is 0 Å². The predicted octanol–water partition coefficient (Wildman–Crippen LogP) is -0.430. The first-order chi connectivity index (χ1) is 12.9. The molecule has 1 atom stereocenters. The molecular formula is C19H30N3O4S+. The van der Waals surface area contributed by atoms with Crippen LogP contribution in [0.25, 0.3) is 0 Å². The van der Waals surface area contributed by atoms with Gasteiger partial charge in [-0.3, -0.25) is 4.79 Å². The summed E-state index contributed by atoms with van der Waals surface area (Å²) in [5.41, 5.74) is 1.00. The molecular weight excluding hydrogens is 366 g/mol. The Morgan fingerprint density at radius 1 is 1.26 bits per heavy atom. The minimum absolute atomic E-state index is 0.0118. The van der Waals surface area contributed by atoms with E-state index in [1.165, 1.54) is 4.90 Å². The molecule has 0 aromatic heterocycles. The molecule has 0 saturated carbocycles. The number of aryl methyl sites for hydroxylation is 1. The van der Waals surface area contributed by atoms with Crippen LogP contribution in [0.5, 0.6) is 0 Å². The molecule has 0 radical (unpaired) electrons. The van der Waals surface area contributed by atoms with E-state index in [0.717, 1.165) is 57.7 Å². The SMILES string of the molecule is Cc1ccc(S(=O)(=O)NCCC(=O)N2CC[NH+](C[C@H]3CCCO3)CC2)cc1. The first-order valence-electron chi connectivity index (χ1n) is 9.73. The number of nitrogens with one attached hydrogen (secondary N) is 2. The summed E-state index contributed by atoms with van der Waals surface area (Å²) < 4.78 is 32.7. The largest absolute Gasteiger partial charge is 0.372 e. The van der Waals surface area contributed by atoms with Crippen LogP contribution in [0.1, 0.15) is 24.8 Å². The lowest BCUT2D eigenvalue weighted by Gasteiger charge is -2.33. The molecule has 3 rings (SSSR count). The molecule has 0 bridgehead atoms. The number of piperazine rings is 1. The highest BCUT2D eigenvalue weighted by atomic mass is 32.2. The van der Waals surface area contributed by atoms with Crippen molar-refractivity contribution in [3.8, 4) is 0 Å². The van der Waals surface area contributed by atoms with Crippen LogP contribution in [0.2, 0.25) is 0 Å². The Morgan fingerprint density at radius 2 is 1.96 bits per heavy atom. The van der Waals surface area contributed by atoms with Crippen molar-refractivity contribution in [3.63, 3.8) is 0 Å². The molecule has 2 fully saturated rings. The average Bonchev–Trinajstić information content (AvgIpc) is 3.15. The molecule has 1 aromatic carbocycles. The standard InChI is InChI=1S/C19H29N3O4S/c1-16-4-6-18(7-5-16)27(24,25)20-9-8-19(23)22-12-10-21(11-13-22)15-17-3-2-14-26-17/h4-7,17,20H,2-3,8-15H2,1H3/p+1/t17-/m1/s1. The fraction of sp³-hybridized carbons (Fsp3) is 0.632. The molecule has 1 amide bonds. The zero-order chi connectivity index (χ0) is 19.3. The molecule has 2 heterocycles. The third kappa shape index (κ3) is 5.75. The van der Waals surface area contributed by atoms with Gasteiger partial charge in [-0.1, -0.05) is 17.7 Å². The van der Waals surface area contributed by atoms with Crippen LogP contribution in [0.15, 0.2) is 29.2 Å². The first-order valence-corrected chi connectivity index (χ1v) is 11.2. The van der Waals surface area contributed by atoms with Gasteiger partial charge in [0, 0.05) is 19.6 Å². The summed E-state index contributed by atoms with van der Waals surface area (Å²) in [6.07, 6.45) is 2.86. The van der Waals surface area contributed by atoms with Gasteiger partial charge in [-0.05, 0) is 31.9 Å². The van der Waals surface area contributed by atoms with Crippen molar-refractivity contribution in [2.45, 2.75) is 37.2 Å². The predicted molar refractivity (Wildman–Crippen MR) is 102 cm³/mol. The van der Waals surface area contributed by atoms with Gasteiger partial charge in [0.2, 0.25) is 15.9 Å². The number of nitrogens with zero attached hydrogens (tertiary/aromatic N) is 1. The van der Waals surface area contributed by atoms with Crippen LogP contribution in [-0.4, -0.2) is 71.2 Å². The third-order valence-electron chi connectivity index (χ3n) is 5.33. The number of ether oxygens (including phenoxy) is 1. The van der Waals surface area contributed by atoms with Crippen LogP contribution in [0, 0.1) is 6.92 Å². The molecule has 1 aromatic rings. The molecule has 0 aliphatic carbocycles. The van der Waals surface area contributed by atoms with Gasteiger partial charge in [-0.2, -0.15) is 0 Å². The van der Waals surface area contributed by atoms with E-state index in [1.54, 1.807) is 24.3 Å². The van der Waals surface area contributed by atoms with Gasteiger partial charge in [0.15, 0.2) is 0 Å². The fourth-order valence-corrected chi connectivity index (χ4v) is 4.69. The average molecular weight is 397 g/mol. The zero-order valence-electron chi connectivity index (χ0n) is 15.9. The van der Waals surface area contributed by atoms with Gasteiger partial charge in [0.25, 0.3) is 0 Å². The summed E-state index contributed by atoms with van der Waals surface area (Å²) in [7, 11) is -3.56. The molecule has 2 aliphatic heterocycles. The molecule has 2 aliphatic rings. The summed E-state index contributed by atoms with van der Waals surface area (Å²) in [4.78, 5) is 15.9. The van der Waals surface area contributed by atoms with Crippen molar-refractivity contribution in [2.24, 2.45) is 0 Å². The number of benzene rings is 1. The van der Waals surface area contributed by atoms with E-state index >= 15 is 0 Å². The lowest BCUT2D eigenvalue weighted by molar-refractivity contribution is -0.906. The van der Waals surface area contributed by atoms with Crippen molar-refractivity contribution in [1.29, 1.82) is 0 Å². The van der Waals surface area contributed by atoms with Crippen molar-refractivity contribution in [2.75, 3.05) is 45.9 Å². The maximum absolute atomic E-state index is 12.4. The van der Waals surface area contributed by atoms with E-state index in [1.807, 2.05) is 11.8 Å². The molecule has 0 spiro atoms. The number of hydrogen-bond acceptors (Lipinski definition) is 4. The van der Waals surface area contributed by atoms with Gasteiger partial charge >= 0.3 is 0 Å². The molecule has 2 N–H and O–H groups in total. The lowest BCUT2D eigenvalue weighted by atomic mass is 10.2. The van der Waals surface area contributed by atoms with Gasteiger partial charge in [-0.25, -0.2) is 13.1 Å². The van der Waals surface area contributed by atoms with Gasteiger partial charge in [0.05, 0.1) is 31.1 Å². The molecule has 8 heteroatoms. The summed E-state index contributed by atoms with van der Waals surface area (Å²) in [5, 5.41) is 0. The Balaban J connectivity index is 1.39. The first kappa shape index (κ1) is 20.3. The number of sulfonamides is 1. The van der Waals surface area contributed by atoms with Crippen molar-refractivity contribution >= 4 is 15.9 Å². The van der Waals surface area contributed by atoms with Gasteiger partial charge < -0.3 is 14.5 Å². The Hall–Kier alpha value is -1.48. The maximum atomic E-state index is 12.4. The van der Waals surface area contributed by atoms with Crippen LogP contribution < -0.4 is 9.62 Å². The Kier molecular flexibility index (Phi) is 6.86. The van der Waals surface area contributed by atoms with Crippen LogP contribution in [0.4, 0.5) is 0 Å². The summed E-state index contributed by atoms with van der Waals surface area (Å²) in [6, 6.07) is 6.68. The molecule has 27 heavy (non-hydrogen) atoms. The van der Waals surface area contributed by atoms with E-state index in [0.29, 0.717) is 6.10 Å². The number of rotatable bonds is 7. The summed E-state index contributed by atoms with van der Waals surface area (Å²) in [5.74, 6) is 0.0118. The molecule has 7 nitrogen and oxygen atoms in total. The van der Waals surface area contributed by atoms with Crippen LogP contribution in [0.3, 0.4) is 0 Å². The second-order valence-electron chi connectivity index (χ2n) is 7.43. The number of amides is 1. The topological polar surface area (TPSA) is 80.2 Å². The van der Waals surface area contributed by atoms with Gasteiger partial charge in [0.1, 0.15) is 12.6 Å². The van der Waals surface area contributed by atoms with Crippen molar-refractivity contribution < 1.29 is 22.8 Å². The van der Waals surface area contributed by atoms with E-state index in [4.69, 9.17) is 4.74 Å². The van der Waals surface area contributed by atoms with Crippen LogP contribution in [-0.2, 0) is 19.6 Å². The Labute approximate surface area is 161 Å². The van der Waals surface area contributed by atoms with Crippen molar-refractivity contribution in [3.05, 3.63) is 29.8 Å². The van der Waals surface area contributed by atoms with E-state index < -0.39 is 10.0 Å². The quantitative estimate of drug-likeness (QED) is 0.656. The summed E-state index contributed by atoms with van der Waals surface area (Å²) >= 11 is 0. The summed E-state index contributed by atoms with van der Waals surface area (Å²) in [6.45, 7) is 7.25. The van der Waals surface area contributed by atoms with E-state index in [-0.39, 0.29) is 23.8 Å². The molecule has 2 saturated heterocycles. The monoisotopic (exact) mass is 396 g/mol. The Bertz CT molecular complexity index is 722. The highest BCUT2D eigenvalue weighted by Gasteiger charge is 2.27. The normalized spacial score (nSPS) is 21.5. The second-order valence-corrected chi connectivity index (χ2v) is 9.20. The Morgan fingerprint density at radius 3 is 2.59 bits per heavy atom. The highest BCUT2D eigenvalue weighted by molar-refractivity contribution is 7.89. The number of carbonyl (C=O) groups is 1. The third-order valence-corrected chi connectivity index (χ3v) is 6.80. The number of hydrogen-bond donors (Lipinski definition) is 2. The number of quaternary nitrogens is 1. The maximum Gasteiger partial charge on any atom is 0.240 e. The molecule has 150 valence electrons.